The van der Waals surface area contributed by atoms with Crippen LogP contribution in [0.15, 0.2) is 23.4 Å². The van der Waals surface area contributed by atoms with Crippen molar-refractivity contribution in [2.75, 3.05) is 5.75 Å². The molecule has 1 aromatic heterocycles. The van der Waals surface area contributed by atoms with Crippen LogP contribution in [0.25, 0.3) is 0 Å². The van der Waals surface area contributed by atoms with Crippen molar-refractivity contribution in [3.05, 3.63) is 23.9 Å². The second-order valence-electron chi connectivity index (χ2n) is 3.33. The van der Waals surface area contributed by atoms with Crippen molar-refractivity contribution >= 4 is 11.8 Å². The van der Waals surface area contributed by atoms with Gasteiger partial charge in [0.25, 0.3) is 0 Å². The van der Waals surface area contributed by atoms with Crippen molar-refractivity contribution in [2.45, 2.75) is 25.8 Å². The minimum absolute atomic E-state index is 0.733. The van der Waals surface area contributed by atoms with E-state index in [1.165, 1.54) is 10.6 Å². The zero-order chi connectivity index (χ0) is 8.97. The molecule has 1 heterocycles. The molecule has 66 valence electrons. The van der Waals surface area contributed by atoms with E-state index in [1.807, 2.05) is 24.0 Å². The maximum atomic E-state index is 4.31. The van der Waals surface area contributed by atoms with Gasteiger partial charge in [-0.3, -0.25) is 0 Å². The van der Waals surface area contributed by atoms with Crippen LogP contribution in [0.5, 0.6) is 0 Å². The molecule has 0 atom stereocenters. The normalized spacial score (nSPS) is 10.7. The topological polar surface area (TPSA) is 12.9 Å². The fourth-order valence-corrected chi connectivity index (χ4v) is 1.79. The highest BCUT2D eigenvalue weighted by Crippen LogP contribution is 2.20. The molecule has 0 aliphatic heterocycles. The summed E-state index contributed by atoms with van der Waals surface area (Å²) in [7, 11) is 0. The first-order valence-corrected chi connectivity index (χ1v) is 5.23. The molecule has 12 heavy (non-hydrogen) atoms. The Morgan fingerprint density at radius 1 is 1.50 bits per heavy atom. The molecule has 1 nitrogen and oxygen atoms in total. The molecule has 0 saturated carbocycles. The van der Waals surface area contributed by atoms with Gasteiger partial charge in [0.15, 0.2) is 0 Å². The van der Waals surface area contributed by atoms with E-state index in [2.05, 4.69) is 31.8 Å². The maximum Gasteiger partial charge on any atom is 0.0989 e. The summed E-state index contributed by atoms with van der Waals surface area (Å²) in [6, 6.07) is 4.09. The predicted molar refractivity (Wildman–Crippen MR) is 54.5 cm³/mol. The van der Waals surface area contributed by atoms with Crippen molar-refractivity contribution in [1.29, 1.82) is 0 Å². The first kappa shape index (κ1) is 9.59. The Kier molecular flexibility index (Phi) is 3.60. The van der Waals surface area contributed by atoms with Gasteiger partial charge in [-0.1, -0.05) is 19.9 Å². The zero-order valence-electron chi connectivity index (χ0n) is 7.87. The molecule has 1 aromatic rings. The first-order valence-electron chi connectivity index (χ1n) is 4.24. The number of hydrogen-bond acceptors (Lipinski definition) is 2. The molecule has 0 amide bonds. The van der Waals surface area contributed by atoms with E-state index < -0.39 is 0 Å². The van der Waals surface area contributed by atoms with Crippen LogP contribution in [-0.2, 0) is 0 Å². The van der Waals surface area contributed by atoms with E-state index in [-0.39, 0.29) is 0 Å². The maximum absolute atomic E-state index is 4.31. The van der Waals surface area contributed by atoms with Gasteiger partial charge in [0, 0.05) is 11.9 Å². The summed E-state index contributed by atoms with van der Waals surface area (Å²) in [4.78, 5) is 4.31. The highest BCUT2D eigenvalue weighted by Gasteiger charge is 2.00. The van der Waals surface area contributed by atoms with E-state index >= 15 is 0 Å². The second kappa shape index (κ2) is 4.51. The van der Waals surface area contributed by atoms with Crippen LogP contribution in [0.3, 0.4) is 0 Å². The van der Waals surface area contributed by atoms with E-state index in [0.29, 0.717) is 0 Å². The van der Waals surface area contributed by atoms with Gasteiger partial charge in [-0.2, -0.15) is 0 Å². The Morgan fingerprint density at radius 3 is 2.83 bits per heavy atom. The summed E-state index contributed by atoms with van der Waals surface area (Å²) in [5.41, 5.74) is 1.28. The fraction of sp³-hybridized carbons (Fsp3) is 0.500. The van der Waals surface area contributed by atoms with Crippen LogP contribution in [-0.4, -0.2) is 10.7 Å². The summed E-state index contributed by atoms with van der Waals surface area (Å²) >= 11 is 1.84. The zero-order valence-corrected chi connectivity index (χ0v) is 8.69. The predicted octanol–water partition coefficient (Wildman–Crippen LogP) is 3.14. The van der Waals surface area contributed by atoms with Gasteiger partial charge in [0.05, 0.1) is 5.03 Å². The smallest absolute Gasteiger partial charge is 0.0989 e. The Hall–Kier alpha value is -0.500. The highest BCUT2D eigenvalue weighted by atomic mass is 32.2. The molecule has 0 unspecified atom stereocenters. The lowest BCUT2D eigenvalue weighted by Gasteiger charge is -2.05. The highest BCUT2D eigenvalue weighted by molar-refractivity contribution is 7.99. The molecule has 0 bridgehead atoms. The number of aryl methyl sites for hydroxylation is 1. The monoisotopic (exact) mass is 181 g/mol. The van der Waals surface area contributed by atoms with E-state index in [9.17, 15) is 0 Å². The van der Waals surface area contributed by atoms with Crippen LogP contribution in [0.1, 0.15) is 19.4 Å². The van der Waals surface area contributed by atoms with E-state index in [0.717, 1.165) is 11.7 Å². The van der Waals surface area contributed by atoms with Crippen LogP contribution < -0.4 is 0 Å². The van der Waals surface area contributed by atoms with Gasteiger partial charge >= 0.3 is 0 Å². The molecule has 0 fully saturated rings. The molecule has 2 heteroatoms. The van der Waals surface area contributed by atoms with Gasteiger partial charge in [0.2, 0.25) is 0 Å². The molecule has 0 spiro atoms. The number of hydrogen-bond donors (Lipinski definition) is 0. The van der Waals surface area contributed by atoms with E-state index in [1.54, 1.807) is 0 Å². The van der Waals surface area contributed by atoms with Crippen molar-refractivity contribution in [2.24, 2.45) is 5.92 Å². The van der Waals surface area contributed by atoms with Gasteiger partial charge in [-0.25, -0.2) is 4.98 Å². The average molecular weight is 181 g/mol. The summed E-state index contributed by atoms with van der Waals surface area (Å²) in [6.07, 6.45) is 1.86. The lowest BCUT2D eigenvalue weighted by molar-refractivity contribution is 0.749. The van der Waals surface area contributed by atoms with Gasteiger partial charge < -0.3 is 0 Å². The molecule has 0 aliphatic rings. The molecular formula is C10H15NS. The number of thioether (sulfide) groups is 1. The Bertz CT molecular complexity index is 245. The van der Waals surface area contributed by atoms with Crippen molar-refractivity contribution in [3.63, 3.8) is 0 Å². The largest absolute Gasteiger partial charge is 0.250 e. The molecule has 0 aliphatic carbocycles. The third-order valence-corrected chi connectivity index (χ3v) is 3.05. The molecule has 0 N–H and O–H groups in total. The Labute approximate surface area is 78.6 Å². The lowest BCUT2D eigenvalue weighted by atomic mass is 10.3. The summed E-state index contributed by atoms with van der Waals surface area (Å²) < 4.78 is 0. The van der Waals surface area contributed by atoms with Crippen LogP contribution in [0.4, 0.5) is 0 Å². The fourth-order valence-electron chi connectivity index (χ4n) is 0.868. The number of aromatic nitrogens is 1. The Morgan fingerprint density at radius 2 is 2.25 bits per heavy atom. The minimum atomic E-state index is 0.733. The lowest BCUT2D eigenvalue weighted by Crippen LogP contribution is -1.92. The van der Waals surface area contributed by atoms with Gasteiger partial charge in [-0.15, -0.1) is 11.8 Å². The molecule has 0 aromatic carbocycles. The molecule has 0 radical (unpaired) electrons. The third-order valence-electron chi connectivity index (χ3n) is 1.51. The minimum Gasteiger partial charge on any atom is -0.250 e. The second-order valence-corrected chi connectivity index (χ2v) is 4.34. The number of pyridine rings is 1. The third kappa shape index (κ3) is 2.86. The van der Waals surface area contributed by atoms with Crippen LogP contribution in [0.2, 0.25) is 0 Å². The quantitative estimate of drug-likeness (QED) is 0.664. The Balaban J connectivity index is 2.57. The van der Waals surface area contributed by atoms with E-state index in [4.69, 9.17) is 0 Å². The molecule has 1 rings (SSSR count). The summed E-state index contributed by atoms with van der Waals surface area (Å²) in [6.45, 7) is 6.56. The summed E-state index contributed by atoms with van der Waals surface area (Å²) in [5.74, 6) is 1.88. The van der Waals surface area contributed by atoms with Gasteiger partial charge in [-0.05, 0) is 24.5 Å². The number of rotatable bonds is 3. The number of nitrogens with zero attached hydrogens (tertiary/aromatic N) is 1. The van der Waals surface area contributed by atoms with Crippen molar-refractivity contribution < 1.29 is 0 Å². The standard InChI is InChI=1S/C10H15NS/c1-8(2)7-12-10-9(3)5-4-6-11-10/h4-6,8H,7H2,1-3H3. The van der Waals surface area contributed by atoms with Crippen molar-refractivity contribution in [1.82, 2.24) is 4.98 Å². The first-order chi connectivity index (χ1) is 5.70. The summed E-state index contributed by atoms with van der Waals surface area (Å²) in [5, 5.41) is 1.17. The SMILES string of the molecule is Cc1cccnc1SCC(C)C. The van der Waals surface area contributed by atoms with Crippen LogP contribution in [0, 0.1) is 12.8 Å². The molecular weight excluding hydrogens is 166 g/mol. The average Bonchev–Trinajstić information content (AvgIpc) is 2.03. The molecule has 0 saturated heterocycles. The van der Waals surface area contributed by atoms with Crippen molar-refractivity contribution in [3.8, 4) is 0 Å². The van der Waals surface area contributed by atoms with Gasteiger partial charge in [0.1, 0.15) is 0 Å². The van der Waals surface area contributed by atoms with Crippen LogP contribution >= 0.6 is 11.8 Å².